The van der Waals surface area contributed by atoms with Gasteiger partial charge in [-0.15, -0.1) is 0 Å². The van der Waals surface area contributed by atoms with Gasteiger partial charge in [0.05, 0.1) is 5.57 Å². The predicted molar refractivity (Wildman–Crippen MR) is 72.6 cm³/mol. The number of hydrogen-bond donors (Lipinski definition) is 0. The lowest BCUT2D eigenvalue weighted by atomic mass is 10.2. The summed E-state index contributed by atoms with van der Waals surface area (Å²) < 4.78 is 42.3. The molecule has 0 saturated carbocycles. The van der Waals surface area contributed by atoms with Crippen molar-refractivity contribution in [1.82, 2.24) is 0 Å². The fourth-order valence-corrected chi connectivity index (χ4v) is 1.07. The van der Waals surface area contributed by atoms with Crippen molar-refractivity contribution in [2.24, 2.45) is 0 Å². The van der Waals surface area contributed by atoms with Crippen LogP contribution in [0.5, 0.6) is 0 Å². The van der Waals surface area contributed by atoms with Crippen LogP contribution >= 0.6 is 0 Å². The van der Waals surface area contributed by atoms with Gasteiger partial charge in [0, 0.05) is 0 Å². The van der Waals surface area contributed by atoms with Gasteiger partial charge in [-0.25, -0.2) is 0 Å². The fraction of sp³-hybridized carbons (Fsp3) is 0.333. The Balaban J connectivity index is 4.30. The van der Waals surface area contributed by atoms with Crippen LogP contribution in [0.25, 0.3) is 0 Å². The van der Waals surface area contributed by atoms with E-state index in [0.717, 1.165) is 17.7 Å². The standard InChI is InChI=1S/C15H19F3O/c1-5-12(3)8-7-11-19-13(4)9-10-14(6-2)15(16,17)18/h5-10H,4,11H2,1-3H3/b8-7-,10-9-,12-5-,14-6+. The SMILES string of the molecule is C=C(/C=C\C(=C/C)C(F)(F)F)OC/C=C\C(C)=C/C. The molecule has 1 nitrogen and oxygen atoms in total. The first-order valence-corrected chi connectivity index (χ1v) is 5.84. The molecule has 0 aromatic rings. The third-order valence-corrected chi connectivity index (χ3v) is 2.29. The second kappa shape index (κ2) is 8.40. The quantitative estimate of drug-likeness (QED) is 0.482. The van der Waals surface area contributed by atoms with E-state index in [1.807, 2.05) is 26.0 Å². The van der Waals surface area contributed by atoms with Gasteiger partial charge in [-0.3, -0.25) is 0 Å². The summed E-state index contributed by atoms with van der Waals surface area (Å²) in [5.74, 6) is 0.186. The van der Waals surface area contributed by atoms with Gasteiger partial charge in [0.2, 0.25) is 0 Å². The molecule has 0 rings (SSSR count). The molecule has 0 saturated heterocycles. The molecule has 0 amide bonds. The van der Waals surface area contributed by atoms with Gasteiger partial charge in [-0.1, -0.05) is 30.4 Å². The predicted octanol–water partition coefficient (Wildman–Crippen LogP) is 5.10. The average molecular weight is 272 g/mol. The van der Waals surface area contributed by atoms with E-state index in [0.29, 0.717) is 0 Å². The van der Waals surface area contributed by atoms with Gasteiger partial charge >= 0.3 is 6.18 Å². The zero-order chi connectivity index (χ0) is 14.9. The summed E-state index contributed by atoms with van der Waals surface area (Å²) >= 11 is 0. The number of ether oxygens (including phenoxy) is 1. The molecule has 0 bridgehead atoms. The van der Waals surface area contributed by atoms with E-state index in [9.17, 15) is 13.2 Å². The molecular formula is C15H19F3O. The van der Waals surface area contributed by atoms with Crippen LogP contribution in [-0.2, 0) is 4.74 Å². The Morgan fingerprint density at radius 3 is 2.21 bits per heavy atom. The molecule has 0 spiro atoms. The molecule has 0 aromatic heterocycles. The minimum Gasteiger partial charge on any atom is -0.490 e. The van der Waals surface area contributed by atoms with E-state index in [2.05, 4.69) is 6.58 Å². The van der Waals surface area contributed by atoms with Crippen molar-refractivity contribution in [2.75, 3.05) is 6.61 Å². The van der Waals surface area contributed by atoms with E-state index >= 15 is 0 Å². The second-order valence-corrected chi connectivity index (χ2v) is 3.79. The Hall–Kier alpha value is -1.71. The first kappa shape index (κ1) is 17.3. The van der Waals surface area contributed by atoms with Crippen LogP contribution < -0.4 is 0 Å². The first-order valence-electron chi connectivity index (χ1n) is 5.84. The largest absolute Gasteiger partial charge is 0.490 e. The van der Waals surface area contributed by atoms with Crippen molar-refractivity contribution in [1.29, 1.82) is 0 Å². The second-order valence-electron chi connectivity index (χ2n) is 3.79. The van der Waals surface area contributed by atoms with E-state index < -0.39 is 11.7 Å². The van der Waals surface area contributed by atoms with Gasteiger partial charge in [0.15, 0.2) is 0 Å². The van der Waals surface area contributed by atoms with Gasteiger partial charge in [-0.05, 0) is 39.0 Å². The Morgan fingerprint density at radius 1 is 1.11 bits per heavy atom. The van der Waals surface area contributed by atoms with Gasteiger partial charge in [0.1, 0.15) is 12.4 Å². The molecule has 19 heavy (non-hydrogen) atoms. The summed E-state index contributed by atoms with van der Waals surface area (Å²) in [4.78, 5) is 0. The maximum Gasteiger partial charge on any atom is 0.416 e. The fourth-order valence-electron chi connectivity index (χ4n) is 1.07. The maximum absolute atomic E-state index is 12.4. The third-order valence-electron chi connectivity index (χ3n) is 2.29. The van der Waals surface area contributed by atoms with Crippen LogP contribution in [0.1, 0.15) is 20.8 Å². The van der Waals surface area contributed by atoms with Gasteiger partial charge < -0.3 is 4.74 Å². The third kappa shape index (κ3) is 8.08. The molecule has 0 N–H and O–H groups in total. The van der Waals surface area contributed by atoms with Gasteiger partial charge in [0.25, 0.3) is 0 Å². The van der Waals surface area contributed by atoms with Crippen molar-refractivity contribution in [2.45, 2.75) is 26.9 Å². The summed E-state index contributed by atoms with van der Waals surface area (Å²) in [6.07, 6.45) is 4.38. The van der Waals surface area contributed by atoms with E-state index in [4.69, 9.17) is 4.74 Å². The number of alkyl halides is 3. The van der Waals surface area contributed by atoms with Crippen molar-refractivity contribution in [3.63, 3.8) is 0 Å². The summed E-state index contributed by atoms with van der Waals surface area (Å²) in [7, 11) is 0. The normalized spacial score (nSPS) is 14.4. The lowest BCUT2D eigenvalue weighted by molar-refractivity contribution is -0.0883. The van der Waals surface area contributed by atoms with Crippen molar-refractivity contribution in [3.8, 4) is 0 Å². The van der Waals surface area contributed by atoms with Crippen LogP contribution in [0.15, 0.2) is 59.9 Å². The van der Waals surface area contributed by atoms with E-state index in [1.165, 1.54) is 13.0 Å². The zero-order valence-corrected chi connectivity index (χ0v) is 11.4. The highest BCUT2D eigenvalue weighted by Gasteiger charge is 2.30. The summed E-state index contributed by atoms with van der Waals surface area (Å²) in [6, 6.07) is 0. The molecule has 0 radical (unpaired) electrons. The number of rotatable bonds is 6. The highest BCUT2D eigenvalue weighted by molar-refractivity contribution is 5.27. The molecule has 0 atom stereocenters. The lowest BCUT2D eigenvalue weighted by Crippen LogP contribution is -2.09. The molecule has 0 aromatic carbocycles. The molecule has 106 valence electrons. The highest BCUT2D eigenvalue weighted by Crippen LogP contribution is 2.26. The molecule has 4 heteroatoms. The van der Waals surface area contributed by atoms with Crippen molar-refractivity contribution >= 4 is 0 Å². The number of hydrogen-bond acceptors (Lipinski definition) is 1. The van der Waals surface area contributed by atoms with Crippen molar-refractivity contribution in [3.05, 3.63) is 59.9 Å². The Bertz CT molecular complexity index is 410. The summed E-state index contributed by atoms with van der Waals surface area (Å²) in [5.41, 5.74) is 0.357. The minimum atomic E-state index is -4.35. The highest BCUT2D eigenvalue weighted by atomic mass is 19.4. The zero-order valence-electron chi connectivity index (χ0n) is 11.4. The molecule has 0 aliphatic rings. The average Bonchev–Trinajstić information content (AvgIpc) is 2.33. The molecule has 0 heterocycles. The summed E-state index contributed by atoms with van der Waals surface area (Å²) in [6.45, 7) is 8.98. The first-order chi connectivity index (χ1) is 8.81. The maximum atomic E-state index is 12.4. The number of halogens is 3. The molecule has 0 aliphatic heterocycles. The topological polar surface area (TPSA) is 9.23 Å². The van der Waals surface area contributed by atoms with Crippen LogP contribution in [0.2, 0.25) is 0 Å². The van der Waals surface area contributed by atoms with Gasteiger partial charge in [-0.2, -0.15) is 13.2 Å². The van der Waals surface area contributed by atoms with Crippen LogP contribution in [0.3, 0.4) is 0 Å². The molecule has 0 fully saturated rings. The van der Waals surface area contributed by atoms with E-state index in [-0.39, 0.29) is 12.4 Å². The molecular weight excluding hydrogens is 253 g/mol. The van der Waals surface area contributed by atoms with Crippen LogP contribution in [0.4, 0.5) is 13.2 Å². The lowest BCUT2D eigenvalue weighted by Gasteiger charge is -2.07. The van der Waals surface area contributed by atoms with Crippen LogP contribution in [0, 0.1) is 0 Å². The van der Waals surface area contributed by atoms with E-state index in [1.54, 1.807) is 6.08 Å². The Morgan fingerprint density at radius 2 is 1.74 bits per heavy atom. The smallest absolute Gasteiger partial charge is 0.416 e. The minimum absolute atomic E-state index is 0.186. The summed E-state index contributed by atoms with van der Waals surface area (Å²) in [5, 5.41) is 0. The van der Waals surface area contributed by atoms with Crippen molar-refractivity contribution < 1.29 is 17.9 Å². The molecule has 0 unspecified atom stereocenters. The molecule has 0 aliphatic carbocycles. The van der Waals surface area contributed by atoms with Crippen LogP contribution in [-0.4, -0.2) is 12.8 Å². The number of allylic oxidation sites excluding steroid dienone is 7. The Kier molecular flexibility index (Phi) is 7.65. The Labute approximate surface area is 112 Å². The monoisotopic (exact) mass is 272 g/mol.